The summed E-state index contributed by atoms with van der Waals surface area (Å²) in [5.41, 5.74) is 2.29. The highest BCUT2D eigenvalue weighted by molar-refractivity contribution is 5.90. The van der Waals surface area contributed by atoms with Crippen molar-refractivity contribution in [1.29, 1.82) is 5.26 Å². The van der Waals surface area contributed by atoms with Crippen molar-refractivity contribution in [2.75, 3.05) is 19.7 Å². The number of benzene rings is 1. The summed E-state index contributed by atoms with van der Waals surface area (Å²) in [5, 5.41) is 9.22. The van der Waals surface area contributed by atoms with E-state index in [1.165, 1.54) is 5.56 Å². The molecule has 1 aromatic rings. The van der Waals surface area contributed by atoms with Crippen molar-refractivity contribution in [2.24, 2.45) is 0 Å². The standard InChI is InChI=1S/C16H18N2O2/c1-2-20-16(19)15-8-9-18(12-14(15)10-17)11-13-6-4-3-5-7-13/h3-7H,2,8-9,11-12H2,1H3. The van der Waals surface area contributed by atoms with Gasteiger partial charge in [-0.3, -0.25) is 4.90 Å². The van der Waals surface area contributed by atoms with Crippen molar-refractivity contribution < 1.29 is 9.53 Å². The molecule has 0 spiro atoms. The summed E-state index contributed by atoms with van der Waals surface area (Å²) in [6.45, 7) is 4.19. The van der Waals surface area contributed by atoms with Crippen molar-refractivity contribution in [1.82, 2.24) is 4.90 Å². The minimum Gasteiger partial charge on any atom is -0.463 e. The number of carbonyl (C=O) groups excluding carboxylic acids is 1. The Morgan fingerprint density at radius 3 is 2.80 bits per heavy atom. The second kappa shape index (κ2) is 6.88. The molecule has 0 saturated carbocycles. The van der Waals surface area contributed by atoms with Gasteiger partial charge in [-0.2, -0.15) is 5.26 Å². The monoisotopic (exact) mass is 270 g/mol. The Morgan fingerprint density at radius 1 is 1.40 bits per heavy atom. The Bertz CT molecular complexity index is 543. The largest absolute Gasteiger partial charge is 0.463 e. The zero-order chi connectivity index (χ0) is 14.4. The number of hydrogen-bond donors (Lipinski definition) is 0. The second-order valence-corrected chi connectivity index (χ2v) is 4.74. The van der Waals surface area contributed by atoms with Gasteiger partial charge in [0.1, 0.15) is 0 Å². The molecular formula is C16H18N2O2. The lowest BCUT2D eigenvalue weighted by Gasteiger charge is -2.27. The first-order valence-electron chi connectivity index (χ1n) is 6.80. The number of carbonyl (C=O) groups is 1. The lowest BCUT2D eigenvalue weighted by molar-refractivity contribution is -0.138. The minimum absolute atomic E-state index is 0.342. The zero-order valence-corrected chi connectivity index (χ0v) is 11.6. The van der Waals surface area contributed by atoms with Gasteiger partial charge in [-0.25, -0.2) is 4.79 Å². The molecule has 4 heteroatoms. The van der Waals surface area contributed by atoms with Gasteiger partial charge in [0.15, 0.2) is 0 Å². The molecule has 1 aromatic carbocycles. The van der Waals surface area contributed by atoms with Gasteiger partial charge >= 0.3 is 5.97 Å². The Kier molecular flexibility index (Phi) is 4.91. The van der Waals surface area contributed by atoms with E-state index in [1.807, 2.05) is 18.2 Å². The van der Waals surface area contributed by atoms with Crippen LogP contribution in [0.15, 0.2) is 41.5 Å². The fourth-order valence-corrected chi connectivity index (χ4v) is 2.34. The lowest BCUT2D eigenvalue weighted by atomic mass is 10.0. The average Bonchev–Trinajstić information content (AvgIpc) is 2.48. The summed E-state index contributed by atoms with van der Waals surface area (Å²) >= 11 is 0. The van der Waals surface area contributed by atoms with Crippen LogP contribution in [-0.2, 0) is 16.1 Å². The van der Waals surface area contributed by atoms with Crippen molar-refractivity contribution in [2.45, 2.75) is 19.9 Å². The van der Waals surface area contributed by atoms with Gasteiger partial charge in [-0.1, -0.05) is 30.3 Å². The van der Waals surface area contributed by atoms with Crippen LogP contribution in [0.3, 0.4) is 0 Å². The molecule has 1 heterocycles. The highest BCUT2D eigenvalue weighted by Gasteiger charge is 2.24. The molecule has 0 amide bonds. The molecule has 0 atom stereocenters. The summed E-state index contributed by atoms with van der Waals surface area (Å²) < 4.78 is 5.00. The summed E-state index contributed by atoms with van der Waals surface area (Å²) in [5.74, 6) is -0.344. The molecule has 2 rings (SSSR count). The normalized spacial score (nSPS) is 15.8. The lowest BCUT2D eigenvalue weighted by Crippen LogP contribution is -2.33. The Balaban J connectivity index is 2.06. The SMILES string of the molecule is CCOC(=O)C1=C(C#N)CN(Cc2ccccc2)CC1. The Labute approximate surface area is 119 Å². The molecule has 104 valence electrons. The first-order chi connectivity index (χ1) is 9.74. The number of nitriles is 1. The van der Waals surface area contributed by atoms with E-state index in [1.54, 1.807) is 6.92 Å². The van der Waals surface area contributed by atoms with Crippen molar-refractivity contribution in [3.05, 3.63) is 47.0 Å². The van der Waals surface area contributed by atoms with Gasteiger partial charge in [0.2, 0.25) is 0 Å². The predicted molar refractivity (Wildman–Crippen MR) is 75.6 cm³/mol. The second-order valence-electron chi connectivity index (χ2n) is 4.74. The molecule has 20 heavy (non-hydrogen) atoms. The molecule has 0 saturated heterocycles. The minimum atomic E-state index is -0.344. The van der Waals surface area contributed by atoms with Crippen molar-refractivity contribution >= 4 is 5.97 Å². The number of nitrogens with zero attached hydrogens (tertiary/aromatic N) is 2. The van der Waals surface area contributed by atoms with Crippen LogP contribution in [0.4, 0.5) is 0 Å². The van der Waals surface area contributed by atoms with Crippen LogP contribution in [0.2, 0.25) is 0 Å². The van der Waals surface area contributed by atoms with E-state index in [0.717, 1.165) is 13.1 Å². The molecule has 1 aliphatic rings. The number of hydrogen-bond acceptors (Lipinski definition) is 4. The molecule has 0 bridgehead atoms. The van der Waals surface area contributed by atoms with Gasteiger partial charge in [-0.05, 0) is 18.9 Å². The number of esters is 1. The van der Waals surface area contributed by atoms with Gasteiger partial charge in [0.05, 0.1) is 23.8 Å². The van der Waals surface area contributed by atoms with Crippen LogP contribution in [0.1, 0.15) is 18.9 Å². The average molecular weight is 270 g/mol. The summed E-state index contributed by atoms with van der Waals surface area (Å²) in [7, 11) is 0. The van der Waals surface area contributed by atoms with E-state index < -0.39 is 0 Å². The summed E-state index contributed by atoms with van der Waals surface area (Å²) in [4.78, 5) is 14.0. The van der Waals surface area contributed by atoms with E-state index in [0.29, 0.717) is 30.7 Å². The number of rotatable bonds is 4. The van der Waals surface area contributed by atoms with E-state index in [-0.39, 0.29) is 5.97 Å². The quantitative estimate of drug-likeness (QED) is 0.788. The van der Waals surface area contributed by atoms with Crippen molar-refractivity contribution in [3.8, 4) is 6.07 Å². The van der Waals surface area contributed by atoms with Crippen LogP contribution in [-0.4, -0.2) is 30.6 Å². The number of ether oxygens (including phenoxy) is 1. The Hall–Kier alpha value is -2.12. The van der Waals surface area contributed by atoms with Crippen molar-refractivity contribution in [3.63, 3.8) is 0 Å². The van der Waals surface area contributed by atoms with Crippen LogP contribution >= 0.6 is 0 Å². The molecule has 0 N–H and O–H groups in total. The van der Waals surface area contributed by atoms with Crippen LogP contribution in [0.5, 0.6) is 0 Å². The smallest absolute Gasteiger partial charge is 0.335 e. The van der Waals surface area contributed by atoms with E-state index in [4.69, 9.17) is 4.74 Å². The van der Waals surface area contributed by atoms with E-state index in [2.05, 4.69) is 23.1 Å². The third kappa shape index (κ3) is 3.46. The molecule has 1 aliphatic heterocycles. The fraction of sp³-hybridized carbons (Fsp3) is 0.375. The van der Waals surface area contributed by atoms with Crippen LogP contribution < -0.4 is 0 Å². The third-order valence-corrected chi connectivity index (χ3v) is 3.33. The molecule has 0 unspecified atom stereocenters. The summed E-state index contributed by atoms with van der Waals surface area (Å²) in [6, 6.07) is 12.3. The fourth-order valence-electron chi connectivity index (χ4n) is 2.34. The van der Waals surface area contributed by atoms with E-state index in [9.17, 15) is 10.1 Å². The van der Waals surface area contributed by atoms with Gasteiger partial charge in [-0.15, -0.1) is 0 Å². The molecule has 0 radical (unpaired) electrons. The summed E-state index contributed by atoms with van der Waals surface area (Å²) in [6.07, 6.45) is 0.578. The molecule has 0 aliphatic carbocycles. The molecule has 4 nitrogen and oxygen atoms in total. The maximum atomic E-state index is 11.8. The van der Waals surface area contributed by atoms with Gasteiger partial charge in [0, 0.05) is 19.6 Å². The molecule has 0 aromatic heterocycles. The Morgan fingerprint density at radius 2 is 2.15 bits per heavy atom. The maximum absolute atomic E-state index is 11.8. The highest BCUT2D eigenvalue weighted by atomic mass is 16.5. The van der Waals surface area contributed by atoms with E-state index >= 15 is 0 Å². The topological polar surface area (TPSA) is 53.3 Å². The van der Waals surface area contributed by atoms with Gasteiger partial charge < -0.3 is 4.74 Å². The zero-order valence-electron chi connectivity index (χ0n) is 11.6. The highest BCUT2D eigenvalue weighted by Crippen LogP contribution is 2.20. The predicted octanol–water partition coefficient (Wildman–Crippen LogP) is 2.28. The molecule has 0 fully saturated rings. The van der Waals surface area contributed by atoms with Crippen LogP contribution in [0.25, 0.3) is 0 Å². The third-order valence-electron chi connectivity index (χ3n) is 3.33. The maximum Gasteiger partial charge on any atom is 0.335 e. The first kappa shape index (κ1) is 14.3. The molecular weight excluding hydrogens is 252 g/mol. The first-order valence-corrected chi connectivity index (χ1v) is 6.80. The van der Waals surface area contributed by atoms with Crippen LogP contribution in [0, 0.1) is 11.3 Å². The van der Waals surface area contributed by atoms with Gasteiger partial charge in [0.25, 0.3) is 0 Å².